The zero-order valence-electron chi connectivity index (χ0n) is 8.07. The third kappa shape index (κ3) is 2.82. The third-order valence-electron chi connectivity index (χ3n) is 1.59. The van der Waals surface area contributed by atoms with Crippen LogP contribution in [-0.4, -0.2) is 11.2 Å². The maximum absolute atomic E-state index is 4.26. The number of rotatable bonds is 3. The van der Waals surface area contributed by atoms with Crippen LogP contribution in [-0.2, 0) is 0 Å². The number of nitrogens with zero attached hydrogens (tertiary/aromatic N) is 2. The van der Waals surface area contributed by atoms with Crippen molar-refractivity contribution in [3.8, 4) is 0 Å². The van der Waals surface area contributed by atoms with Crippen molar-refractivity contribution >= 4 is 11.9 Å². The van der Waals surface area contributed by atoms with Gasteiger partial charge in [-0.1, -0.05) is 19.1 Å². The second kappa shape index (κ2) is 5.25. The van der Waals surface area contributed by atoms with Crippen LogP contribution in [0.25, 0.3) is 5.70 Å². The van der Waals surface area contributed by atoms with Crippen molar-refractivity contribution < 1.29 is 0 Å². The third-order valence-corrected chi connectivity index (χ3v) is 1.59. The lowest BCUT2D eigenvalue weighted by Crippen LogP contribution is -1.85. The van der Waals surface area contributed by atoms with Gasteiger partial charge in [0.25, 0.3) is 0 Å². The first kappa shape index (κ1) is 9.65. The molecule has 68 valence electrons. The highest BCUT2D eigenvalue weighted by atomic mass is 14.8. The predicted octanol–water partition coefficient (Wildman–Crippen LogP) is 2.92. The quantitative estimate of drug-likeness (QED) is 0.647. The molecule has 0 aliphatic heterocycles. The van der Waals surface area contributed by atoms with Crippen molar-refractivity contribution in [2.24, 2.45) is 4.99 Å². The first-order valence-corrected chi connectivity index (χ1v) is 4.48. The maximum atomic E-state index is 4.26. The minimum atomic E-state index is 0.933. The molecule has 0 radical (unpaired) electrons. The zero-order valence-corrected chi connectivity index (χ0v) is 8.07. The Balaban J connectivity index is 2.96. The summed E-state index contributed by atoms with van der Waals surface area (Å²) in [5.41, 5.74) is 1.88. The molecule has 1 rings (SSSR count). The Morgan fingerprint density at radius 1 is 1.54 bits per heavy atom. The fraction of sp³-hybridized carbons (Fsp3) is 0.273. The van der Waals surface area contributed by atoms with Crippen molar-refractivity contribution in [2.45, 2.75) is 20.3 Å². The van der Waals surface area contributed by atoms with E-state index in [1.165, 1.54) is 0 Å². The Labute approximate surface area is 79.0 Å². The standard InChI is InChI=1S/C11H14N2/c1-3-7-10(12-4-2)11-8-5-6-9-13-11/h4-9H,3H2,1-2H3. The van der Waals surface area contributed by atoms with E-state index < -0.39 is 0 Å². The Morgan fingerprint density at radius 2 is 2.38 bits per heavy atom. The number of aliphatic imine (C=N–C) groups is 1. The molecule has 0 bridgehead atoms. The molecule has 1 aromatic rings. The molecule has 0 saturated heterocycles. The van der Waals surface area contributed by atoms with Gasteiger partial charge in [-0.05, 0) is 25.5 Å². The Morgan fingerprint density at radius 3 is 2.92 bits per heavy atom. The van der Waals surface area contributed by atoms with Gasteiger partial charge < -0.3 is 0 Å². The molecular formula is C11H14N2. The van der Waals surface area contributed by atoms with Crippen LogP contribution in [0.5, 0.6) is 0 Å². The molecule has 0 saturated carbocycles. The van der Waals surface area contributed by atoms with Crippen molar-refractivity contribution in [3.05, 3.63) is 36.2 Å². The van der Waals surface area contributed by atoms with E-state index in [2.05, 4.69) is 23.0 Å². The molecule has 0 spiro atoms. The van der Waals surface area contributed by atoms with E-state index in [1.807, 2.05) is 25.1 Å². The minimum Gasteiger partial charge on any atom is -0.260 e. The highest BCUT2D eigenvalue weighted by Gasteiger charge is 1.97. The molecule has 0 aromatic carbocycles. The summed E-state index contributed by atoms with van der Waals surface area (Å²) in [5, 5.41) is 0. The summed E-state index contributed by atoms with van der Waals surface area (Å²) in [6.45, 7) is 4.00. The van der Waals surface area contributed by atoms with Gasteiger partial charge in [0.2, 0.25) is 0 Å². The van der Waals surface area contributed by atoms with Gasteiger partial charge in [-0.2, -0.15) is 0 Å². The fourth-order valence-electron chi connectivity index (χ4n) is 1.07. The van der Waals surface area contributed by atoms with Gasteiger partial charge in [0.1, 0.15) is 0 Å². The van der Waals surface area contributed by atoms with E-state index in [1.54, 1.807) is 12.4 Å². The highest BCUT2D eigenvalue weighted by molar-refractivity contribution is 5.70. The molecular weight excluding hydrogens is 160 g/mol. The van der Waals surface area contributed by atoms with Crippen LogP contribution in [0.3, 0.4) is 0 Å². The zero-order chi connectivity index (χ0) is 9.52. The Kier molecular flexibility index (Phi) is 3.89. The van der Waals surface area contributed by atoms with E-state index in [4.69, 9.17) is 0 Å². The number of hydrogen-bond acceptors (Lipinski definition) is 2. The summed E-state index contributed by atoms with van der Waals surface area (Å²) in [6, 6.07) is 5.84. The van der Waals surface area contributed by atoms with Crippen LogP contribution in [0, 0.1) is 0 Å². The monoisotopic (exact) mass is 174 g/mol. The van der Waals surface area contributed by atoms with Crippen LogP contribution in [0.2, 0.25) is 0 Å². The molecule has 0 N–H and O–H groups in total. The summed E-state index contributed by atoms with van der Waals surface area (Å²) in [6.07, 6.45) is 6.62. The summed E-state index contributed by atoms with van der Waals surface area (Å²) in [4.78, 5) is 8.49. The van der Waals surface area contributed by atoms with Crippen LogP contribution in [0.1, 0.15) is 26.0 Å². The van der Waals surface area contributed by atoms with Crippen LogP contribution < -0.4 is 0 Å². The van der Waals surface area contributed by atoms with Crippen LogP contribution >= 0.6 is 0 Å². The van der Waals surface area contributed by atoms with Gasteiger partial charge in [0, 0.05) is 12.4 Å². The molecule has 1 heterocycles. The lowest BCUT2D eigenvalue weighted by Gasteiger charge is -1.98. The highest BCUT2D eigenvalue weighted by Crippen LogP contribution is 2.12. The van der Waals surface area contributed by atoms with Crippen LogP contribution in [0.15, 0.2) is 35.5 Å². The average Bonchev–Trinajstić information content (AvgIpc) is 2.19. The summed E-state index contributed by atoms with van der Waals surface area (Å²) in [5.74, 6) is 0. The van der Waals surface area contributed by atoms with E-state index in [-0.39, 0.29) is 0 Å². The largest absolute Gasteiger partial charge is 0.260 e. The maximum Gasteiger partial charge on any atom is 0.0882 e. The van der Waals surface area contributed by atoms with Gasteiger partial charge in [-0.25, -0.2) is 0 Å². The van der Waals surface area contributed by atoms with Crippen LogP contribution in [0.4, 0.5) is 0 Å². The molecule has 2 nitrogen and oxygen atoms in total. The number of pyridine rings is 1. The number of hydrogen-bond donors (Lipinski definition) is 0. The Bertz CT molecular complexity index is 299. The second-order valence-corrected chi connectivity index (χ2v) is 2.60. The average molecular weight is 174 g/mol. The smallest absolute Gasteiger partial charge is 0.0882 e. The topological polar surface area (TPSA) is 25.2 Å². The van der Waals surface area contributed by atoms with E-state index in [0.29, 0.717) is 0 Å². The van der Waals surface area contributed by atoms with E-state index in [9.17, 15) is 0 Å². The van der Waals surface area contributed by atoms with E-state index >= 15 is 0 Å². The normalized spacial score (nSPS) is 12.3. The lowest BCUT2D eigenvalue weighted by atomic mass is 10.2. The van der Waals surface area contributed by atoms with Gasteiger partial charge in [0.15, 0.2) is 0 Å². The molecule has 13 heavy (non-hydrogen) atoms. The molecule has 0 aliphatic carbocycles. The number of aromatic nitrogens is 1. The molecule has 0 unspecified atom stereocenters. The molecule has 0 amide bonds. The van der Waals surface area contributed by atoms with Gasteiger partial charge >= 0.3 is 0 Å². The lowest BCUT2D eigenvalue weighted by molar-refractivity contribution is 1.19. The summed E-state index contributed by atoms with van der Waals surface area (Å²) in [7, 11) is 0. The second-order valence-electron chi connectivity index (χ2n) is 2.60. The summed E-state index contributed by atoms with van der Waals surface area (Å²) < 4.78 is 0. The van der Waals surface area contributed by atoms with Crippen molar-refractivity contribution in [2.75, 3.05) is 0 Å². The fourth-order valence-corrected chi connectivity index (χ4v) is 1.07. The molecule has 0 fully saturated rings. The molecule has 0 atom stereocenters. The van der Waals surface area contributed by atoms with Crippen molar-refractivity contribution in [1.82, 2.24) is 4.98 Å². The predicted molar refractivity (Wildman–Crippen MR) is 56.7 cm³/mol. The van der Waals surface area contributed by atoms with E-state index in [0.717, 1.165) is 17.8 Å². The first-order valence-electron chi connectivity index (χ1n) is 4.48. The molecule has 1 aromatic heterocycles. The SMILES string of the molecule is CC=NC(=CCC)c1ccccn1. The molecule has 0 aliphatic rings. The minimum absolute atomic E-state index is 0.933. The van der Waals surface area contributed by atoms with Gasteiger partial charge in [-0.3, -0.25) is 9.98 Å². The van der Waals surface area contributed by atoms with Crippen molar-refractivity contribution in [3.63, 3.8) is 0 Å². The Hall–Kier alpha value is -1.44. The number of allylic oxidation sites excluding steroid dienone is 1. The van der Waals surface area contributed by atoms with Gasteiger partial charge in [0.05, 0.1) is 11.4 Å². The van der Waals surface area contributed by atoms with Crippen molar-refractivity contribution in [1.29, 1.82) is 0 Å². The van der Waals surface area contributed by atoms with Gasteiger partial charge in [-0.15, -0.1) is 0 Å². The molecule has 2 heteroatoms. The first-order chi connectivity index (χ1) is 6.38. The summed E-state index contributed by atoms with van der Waals surface area (Å²) >= 11 is 0.